The Morgan fingerprint density at radius 2 is 2.00 bits per heavy atom. The molecule has 0 aliphatic heterocycles. The summed E-state index contributed by atoms with van der Waals surface area (Å²) in [4.78, 5) is 0. The molecule has 0 amide bonds. The van der Waals surface area contributed by atoms with Crippen molar-refractivity contribution < 1.29 is 13.9 Å². The van der Waals surface area contributed by atoms with Crippen molar-refractivity contribution in [2.45, 2.75) is 64.5 Å². The second-order valence-electron chi connectivity index (χ2n) is 5.60. The van der Waals surface area contributed by atoms with Gasteiger partial charge in [-0.25, -0.2) is 8.78 Å². The Kier molecular flexibility index (Phi) is 5.12. The van der Waals surface area contributed by atoms with E-state index in [-0.39, 0.29) is 12.6 Å². The Labute approximate surface area is 96.4 Å². The van der Waals surface area contributed by atoms with E-state index in [0.717, 1.165) is 25.7 Å². The van der Waals surface area contributed by atoms with Gasteiger partial charge in [-0.3, -0.25) is 0 Å². The van der Waals surface area contributed by atoms with Gasteiger partial charge in [0.15, 0.2) is 0 Å². The number of aliphatic hydroxyl groups is 1. The Bertz CT molecular complexity index is 209. The maximum Gasteiger partial charge on any atom is 0.265 e. The average Bonchev–Trinajstić information content (AvgIpc) is 2.36. The van der Waals surface area contributed by atoms with Crippen LogP contribution in [0.1, 0.15) is 46.0 Å². The molecule has 4 heteroatoms. The summed E-state index contributed by atoms with van der Waals surface area (Å²) in [6, 6.07) is 0.287. The zero-order chi connectivity index (χ0) is 12.2. The van der Waals surface area contributed by atoms with Crippen LogP contribution in [0.4, 0.5) is 8.78 Å². The molecule has 2 N–H and O–H groups in total. The first-order valence-electron chi connectivity index (χ1n) is 6.10. The zero-order valence-electron chi connectivity index (χ0n) is 10.2. The fourth-order valence-electron chi connectivity index (χ4n) is 2.24. The third kappa shape index (κ3) is 4.74. The standard InChI is InChI=1S/C12H23F2NO/c1-12(2)6-3-4-9(5-7-12)15-8-10(16)11(13)14/h9-11,15-16H,3-8H2,1-2H3. The molecule has 0 bridgehead atoms. The van der Waals surface area contributed by atoms with Gasteiger partial charge in [0.25, 0.3) is 6.43 Å². The van der Waals surface area contributed by atoms with Crippen LogP contribution >= 0.6 is 0 Å². The number of rotatable bonds is 4. The van der Waals surface area contributed by atoms with Gasteiger partial charge in [0.1, 0.15) is 6.10 Å². The Morgan fingerprint density at radius 1 is 1.31 bits per heavy atom. The smallest absolute Gasteiger partial charge is 0.265 e. The quantitative estimate of drug-likeness (QED) is 0.734. The lowest BCUT2D eigenvalue weighted by molar-refractivity contribution is -0.00486. The first-order valence-corrected chi connectivity index (χ1v) is 6.10. The van der Waals surface area contributed by atoms with E-state index in [1.807, 2.05) is 0 Å². The van der Waals surface area contributed by atoms with Gasteiger partial charge in [0.05, 0.1) is 0 Å². The lowest BCUT2D eigenvalue weighted by Gasteiger charge is -2.22. The van der Waals surface area contributed by atoms with Gasteiger partial charge in [0.2, 0.25) is 0 Å². The minimum Gasteiger partial charge on any atom is -0.386 e. The van der Waals surface area contributed by atoms with E-state index in [1.54, 1.807) is 0 Å². The molecule has 2 unspecified atom stereocenters. The molecule has 1 rings (SSSR count). The number of hydrogen-bond acceptors (Lipinski definition) is 2. The van der Waals surface area contributed by atoms with Crippen molar-refractivity contribution >= 4 is 0 Å². The monoisotopic (exact) mass is 235 g/mol. The molecule has 0 radical (unpaired) electrons. The van der Waals surface area contributed by atoms with Crippen LogP contribution in [-0.4, -0.2) is 30.2 Å². The van der Waals surface area contributed by atoms with Crippen molar-refractivity contribution in [1.29, 1.82) is 0 Å². The van der Waals surface area contributed by atoms with Crippen molar-refractivity contribution in [3.05, 3.63) is 0 Å². The topological polar surface area (TPSA) is 32.3 Å². The molecule has 0 aromatic rings. The molecule has 0 spiro atoms. The van der Waals surface area contributed by atoms with E-state index in [0.29, 0.717) is 5.41 Å². The summed E-state index contributed by atoms with van der Waals surface area (Å²) in [5.41, 5.74) is 0.373. The van der Waals surface area contributed by atoms with Crippen LogP contribution in [0.2, 0.25) is 0 Å². The minimum absolute atomic E-state index is 0.00274. The first kappa shape index (κ1) is 13.8. The summed E-state index contributed by atoms with van der Waals surface area (Å²) in [7, 11) is 0. The Morgan fingerprint density at radius 3 is 2.62 bits per heavy atom. The first-order chi connectivity index (χ1) is 7.41. The summed E-state index contributed by atoms with van der Waals surface area (Å²) in [5, 5.41) is 12.1. The van der Waals surface area contributed by atoms with Gasteiger partial charge in [-0.15, -0.1) is 0 Å². The van der Waals surface area contributed by atoms with Crippen LogP contribution in [0.25, 0.3) is 0 Å². The van der Waals surface area contributed by atoms with Gasteiger partial charge in [0, 0.05) is 12.6 Å². The number of alkyl halides is 2. The Balaban J connectivity index is 2.28. The molecule has 1 aliphatic rings. The summed E-state index contributed by atoms with van der Waals surface area (Å²) < 4.78 is 24.2. The summed E-state index contributed by atoms with van der Waals surface area (Å²) in [6.45, 7) is 4.51. The summed E-state index contributed by atoms with van der Waals surface area (Å²) in [5.74, 6) is 0. The van der Waals surface area contributed by atoms with Crippen LogP contribution in [0.3, 0.4) is 0 Å². The SMILES string of the molecule is CC1(C)CCCC(NCC(O)C(F)F)CC1. The van der Waals surface area contributed by atoms with Crippen LogP contribution in [-0.2, 0) is 0 Å². The minimum atomic E-state index is -2.64. The molecule has 2 atom stereocenters. The van der Waals surface area contributed by atoms with E-state index >= 15 is 0 Å². The lowest BCUT2D eigenvalue weighted by Crippen LogP contribution is -2.38. The lowest BCUT2D eigenvalue weighted by atomic mass is 9.85. The van der Waals surface area contributed by atoms with Crippen molar-refractivity contribution in [2.24, 2.45) is 5.41 Å². The maximum absolute atomic E-state index is 12.1. The normalized spacial score (nSPS) is 27.8. The highest BCUT2D eigenvalue weighted by Gasteiger charge is 2.25. The maximum atomic E-state index is 12.1. The molecule has 1 aliphatic carbocycles. The van der Waals surface area contributed by atoms with E-state index in [4.69, 9.17) is 5.11 Å². The van der Waals surface area contributed by atoms with Gasteiger partial charge < -0.3 is 10.4 Å². The molecule has 16 heavy (non-hydrogen) atoms. The predicted molar refractivity (Wildman–Crippen MR) is 60.7 cm³/mol. The molecular weight excluding hydrogens is 212 g/mol. The molecule has 0 aromatic heterocycles. The second-order valence-corrected chi connectivity index (χ2v) is 5.60. The van der Waals surface area contributed by atoms with E-state index in [9.17, 15) is 8.78 Å². The van der Waals surface area contributed by atoms with Crippen LogP contribution in [0.15, 0.2) is 0 Å². The molecule has 0 heterocycles. The summed E-state index contributed by atoms with van der Waals surface area (Å²) in [6.07, 6.45) is 1.32. The second kappa shape index (κ2) is 5.92. The highest BCUT2D eigenvalue weighted by atomic mass is 19.3. The number of halogens is 2. The molecule has 1 fully saturated rings. The van der Waals surface area contributed by atoms with Gasteiger partial charge in [-0.1, -0.05) is 20.3 Å². The van der Waals surface area contributed by atoms with Crippen LogP contribution in [0, 0.1) is 5.41 Å². The third-order valence-electron chi connectivity index (χ3n) is 3.48. The number of aliphatic hydroxyl groups excluding tert-OH is 1. The van der Waals surface area contributed by atoms with E-state index in [1.165, 1.54) is 6.42 Å². The Hall–Kier alpha value is -0.220. The zero-order valence-corrected chi connectivity index (χ0v) is 10.2. The van der Waals surface area contributed by atoms with Crippen LogP contribution in [0.5, 0.6) is 0 Å². The van der Waals surface area contributed by atoms with Gasteiger partial charge in [-0.05, 0) is 31.1 Å². The van der Waals surface area contributed by atoms with Crippen LogP contribution < -0.4 is 5.32 Å². The molecule has 1 saturated carbocycles. The third-order valence-corrected chi connectivity index (χ3v) is 3.48. The fraction of sp³-hybridized carbons (Fsp3) is 1.00. The van der Waals surface area contributed by atoms with E-state index < -0.39 is 12.5 Å². The van der Waals surface area contributed by atoms with Crippen molar-refractivity contribution in [3.63, 3.8) is 0 Å². The molecule has 0 aromatic carbocycles. The van der Waals surface area contributed by atoms with E-state index in [2.05, 4.69) is 19.2 Å². The average molecular weight is 235 g/mol. The van der Waals surface area contributed by atoms with Crippen molar-refractivity contribution in [3.8, 4) is 0 Å². The molecule has 2 nitrogen and oxygen atoms in total. The fourth-order valence-corrected chi connectivity index (χ4v) is 2.24. The summed E-state index contributed by atoms with van der Waals surface area (Å²) >= 11 is 0. The molecule has 96 valence electrons. The van der Waals surface area contributed by atoms with Gasteiger partial charge >= 0.3 is 0 Å². The predicted octanol–water partition coefficient (Wildman–Crippen LogP) is 2.56. The molecule has 0 saturated heterocycles. The molecular formula is C12H23F2NO. The highest BCUT2D eigenvalue weighted by Crippen LogP contribution is 2.33. The van der Waals surface area contributed by atoms with Crippen molar-refractivity contribution in [2.75, 3.05) is 6.54 Å². The largest absolute Gasteiger partial charge is 0.386 e. The highest BCUT2D eigenvalue weighted by molar-refractivity contribution is 4.80. The number of nitrogens with one attached hydrogen (secondary N) is 1. The van der Waals surface area contributed by atoms with Crippen molar-refractivity contribution in [1.82, 2.24) is 5.32 Å². The number of hydrogen-bond donors (Lipinski definition) is 2. The van der Waals surface area contributed by atoms with Gasteiger partial charge in [-0.2, -0.15) is 0 Å².